The number of nitrogens with one attached hydrogen (secondary N) is 1. The van der Waals surface area contributed by atoms with Gasteiger partial charge in [0, 0.05) is 16.6 Å². The van der Waals surface area contributed by atoms with Crippen LogP contribution in [0.2, 0.25) is 0 Å². The molecule has 0 atom stereocenters. The van der Waals surface area contributed by atoms with Crippen LogP contribution in [0.5, 0.6) is 0 Å². The number of aromatic nitrogens is 1. The molecular weight excluding hydrogens is 780 g/mol. The number of hydrogen-bond acceptors (Lipinski definition) is 0. The third-order valence-corrected chi connectivity index (χ3v) is 10.8. The van der Waals surface area contributed by atoms with Crippen molar-refractivity contribution < 1.29 is 13.2 Å². The average Bonchev–Trinajstić information content (AvgIpc) is 3.60. The lowest BCUT2D eigenvalue weighted by atomic mass is 9.82. The van der Waals surface area contributed by atoms with Gasteiger partial charge in [0.1, 0.15) is 0 Å². The molecule has 5 aromatic carbocycles. The maximum Gasteiger partial charge on any atom is 0.416 e. The van der Waals surface area contributed by atoms with Crippen molar-refractivity contribution in [2.75, 3.05) is 0 Å². The van der Waals surface area contributed by atoms with Crippen LogP contribution >= 0.6 is 0 Å². The van der Waals surface area contributed by atoms with Crippen LogP contribution in [0.15, 0.2) is 127 Å². The molecule has 1 heterocycles. The molecule has 0 radical (unpaired) electrons. The van der Waals surface area contributed by atoms with Crippen molar-refractivity contribution in [1.82, 2.24) is 4.98 Å². The van der Waals surface area contributed by atoms with Crippen LogP contribution in [-0.2, 0) is 38.7 Å². The number of para-hydroxylation sites is 1. The van der Waals surface area contributed by atoms with Crippen molar-refractivity contribution >= 4 is 10.9 Å². The maximum atomic E-state index is 12.5. The van der Waals surface area contributed by atoms with Crippen LogP contribution in [0.4, 0.5) is 13.2 Å². The Balaban J connectivity index is 0.000000273. The molecule has 1 nitrogen and oxygen atoms in total. The van der Waals surface area contributed by atoms with Gasteiger partial charge in [0.2, 0.25) is 0 Å². The van der Waals surface area contributed by atoms with Gasteiger partial charge < -0.3 is 4.98 Å². The van der Waals surface area contributed by atoms with Crippen LogP contribution in [0.1, 0.15) is 175 Å². The number of aromatic amines is 1. The van der Waals surface area contributed by atoms with Gasteiger partial charge >= 0.3 is 6.18 Å². The molecule has 0 spiro atoms. The van der Waals surface area contributed by atoms with Crippen molar-refractivity contribution in [3.63, 3.8) is 0 Å². The number of fused-ring (bicyclic) bond motifs is 1. The van der Waals surface area contributed by atoms with E-state index in [0.29, 0.717) is 11.0 Å². The summed E-state index contributed by atoms with van der Waals surface area (Å²) in [6, 6.07) is 43.1. The van der Waals surface area contributed by atoms with E-state index in [-0.39, 0.29) is 27.1 Å². The Morgan fingerprint density at radius 2 is 0.667 bits per heavy atom. The summed E-state index contributed by atoms with van der Waals surface area (Å²) in [5.41, 5.74) is 11.3. The molecule has 6 rings (SSSR count). The summed E-state index contributed by atoms with van der Waals surface area (Å²) in [4.78, 5) is 3.44. The lowest BCUT2D eigenvalue weighted by Crippen LogP contribution is -2.14. The lowest BCUT2D eigenvalue weighted by molar-refractivity contribution is -0.137. The molecule has 63 heavy (non-hydrogen) atoms. The predicted molar refractivity (Wildman–Crippen MR) is 271 cm³/mol. The summed E-state index contributed by atoms with van der Waals surface area (Å²) < 4.78 is 37.6. The van der Waals surface area contributed by atoms with E-state index in [1.165, 1.54) is 56.5 Å². The molecule has 0 amide bonds. The van der Waals surface area contributed by atoms with Crippen molar-refractivity contribution in [1.29, 1.82) is 0 Å². The Hall–Kier alpha value is -4.57. The van der Waals surface area contributed by atoms with Gasteiger partial charge in [-0.1, -0.05) is 239 Å². The summed E-state index contributed by atoms with van der Waals surface area (Å²) in [7, 11) is 0. The summed E-state index contributed by atoms with van der Waals surface area (Å²) in [5, 5.41) is 1.30. The lowest BCUT2D eigenvalue weighted by Gasteiger charge is -2.23. The highest BCUT2D eigenvalue weighted by Gasteiger charge is 2.32. The van der Waals surface area contributed by atoms with Gasteiger partial charge in [-0.15, -0.1) is 0 Å². The monoisotopic (exact) mass is 862 g/mol. The van der Waals surface area contributed by atoms with E-state index in [9.17, 15) is 13.2 Å². The SMILES string of the molecule is CC(C)(C)c1cc2ccccc2[nH]1.CC(C)(C)c1ccc(C(C)(C)C)cc1.CC(C)(C)c1ccccc1.Cc1cc(C(C)(C)C)cc(C(F)(F)F)c1.Cc1ccc(C(C)(C)C)cc1. The first-order chi connectivity index (χ1) is 28.5. The second-order valence-electron chi connectivity index (χ2n) is 23.2. The summed E-state index contributed by atoms with van der Waals surface area (Å²) in [5.74, 6) is 0. The molecule has 0 aliphatic heterocycles. The largest absolute Gasteiger partial charge is 0.416 e. The first kappa shape index (κ1) is 54.6. The van der Waals surface area contributed by atoms with E-state index in [2.05, 4.69) is 225 Å². The molecule has 0 bridgehead atoms. The van der Waals surface area contributed by atoms with Crippen molar-refractivity contribution in [3.8, 4) is 0 Å². The molecule has 0 aliphatic rings. The molecule has 0 saturated carbocycles. The van der Waals surface area contributed by atoms with Crippen LogP contribution in [-0.4, -0.2) is 4.98 Å². The molecule has 4 heteroatoms. The minimum atomic E-state index is -4.26. The number of H-pyrrole nitrogens is 1. The minimum Gasteiger partial charge on any atom is -0.358 e. The maximum absolute atomic E-state index is 12.5. The topological polar surface area (TPSA) is 15.8 Å². The zero-order valence-corrected chi connectivity index (χ0v) is 42.8. The highest BCUT2D eigenvalue weighted by molar-refractivity contribution is 5.80. The number of benzene rings is 5. The van der Waals surface area contributed by atoms with Crippen LogP contribution in [0.25, 0.3) is 10.9 Å². The second kappa shape index (κ2) is 21.4. The van der Waals surface area contributed by atoms with E-state index in [1.807, 2.05) is 20.8 Å². The molecule has 344 valence electrons. The quantitative estimate of drug-likeness (QED) is 0.157. The van der Waals surface area contributed by atoms with Gasteiger partial charge in [-0.3, -0.25) is 0 Å². The van der Waals surface area contributed by atoms with Crippen molar-refractivity contribution in [2.24, 2.45) is 0 Å². The zero-order chi connectivity index (χ0) is 48.4. The molecule has 1 N–H and O–H groups in total. The third-order valence-electron chi connectivity index (χ3n) is 10.8. The fourth-order valence-corrected chi connectivity index (χ4v) is 6.32. The predicted octanol–water partition coefficient (Wildman–Crippen LogP) is 18.3. The average molecular weight is 862 g/mol. The minimum absolute atomic E-state index is 0.207. The summed E-state index contributed by atoms with van der Waals surface area (Å²) >= 11 is 0. The van der Waals surface area contributed by atoms with Gasteiger partial charge in [0.25, 0.3) is 0 Å². The third kappa shape index (κ3) is 19.0. The van der Waals surface area contributed by atoms with E-state index < -0.39 is 11.7 Å². The smallest absolute Gasteiger partial charge is 0.358 e. The number of alkyl halides is 3. The van der Waals surface area contributed by atoms with Gasteiger partial charge in [0.05, 0.1) is 5.56 Å². The van der Waals surface area contributed by atoms with E-state index in [0.717, 1.165) is 5.56 Å². The summed E-state index contributed by atoms with van der Waals surface area (Å²) in [6.07, 6.45) is -4.26. The molecule has 0 saturated heterocycles. The summed E-state index contributed by atoms with van der Waals surface area (Å²) in [6.45, 7) is 43.0. The van der Waals surface area contributed by atoms with Crippen molar-refractivity contribution in [3.05, 3.63) is 178 Å². The number of hydrogen-bond donors (Lipinski definition) is 1. The van der Waals surface area contributed by atoms with Gasteiger partial charge in [-0.05, 0) is 98.4 Å². The highest BCUT2D eigenvalue weighted by atomic mass is 19.4. The van der Waals surface area contributed by atoms with Crippen LogP contribution in [0, 0.1) is 13.8 Å². The fraction of sp³-hybridized carbons (Fsp3) is 0.458. The Bertz CT molecular complexity index is 2150. The molecular formula is C59H82F3N. The van der Waals surface area contributed by atoms with Gasteiger partial charge in [-0.25, -0.2) is 0 Å². The Kier molecular flexibility index (Phi) is 18.5. The second-order valence-corrected chi connectivity index (χ2v) is 23.2. The van der Waals surface area contributed by atoms with E-state index >= 15 is 0 Å². The number of rotatable bonds is 0. The van der Waals surface area contributed by atoms with Crippen LogP contribution < -0.4 is 0 Å². The normalized spacial score (nSPS) is 12.4. The number of aryl methyl sites for hydroxylation is 2. The number of halogens is 3. The molecule has 0 aliphatic carbocycles. The van der Waals surface area contributed by atoms with Crippen molar-refractivity contribution in [2.45, 2.75) is 177 Å². The Morgan fingerprint density at radius 3 is 1.02 bits per heavy atom. The standard InChI is InChI=1S/C14H22.C12H15F3.C12H15N.C11H16.C10H14/c1-13(2,3)11-7-9-12(10-8-11)14(4,5)6;1-8-5-9(11(2,3)4)7-10(6-8)12(13,14)15;1-12(2,3)11-8-9-6-4-5-7-10(9)13-11;1-9-5-7-10(8-6-9)11(2,3)4;1-10(2,3)9-7-5-4-6-8-9/h7-10H,1-6H3;5-7H,1-4H3;4-8,13H,1-3H3;5-8H,1-4H3;4-8H,1-3H3. The van der Waals surface area contributed by atoms with Crippen LogP contribution in [0.3, 0.4) is 0 Å². The first-order valence-electron chi connectivity index (χ1n) is 22.5. The fourth-order valence-electron chi connectivity index (χ4n) is 6.32. The highest BCUT2D eigenvalue weighted by Crippen LogP contribution is 2.34. The Morgan fingerprint density at radius 1 is 0.317 bits per heavy atom. The van der Waals surface area contributed by atoms with Gasteiger partial charge in [-0.2, -0.15) is 13.2 Å². The molecule has 1 aromatic heterocycles. The van der Waals surface area contributed by atoms with E-state index in [4.69, 9.17) is 0 Å². The van der Waals surface area contributed by atoms with Gasteiger partial charge in [0.15, 0.2) is 0 Å². The molecule has 6 aromatic rings. The van der Waals surface area contributed by atoms with E-state index in [1.54, 1.807) is 13.0 Å². The first-order valence-corrected chi connectivity index (χ1v) is 22.5. The molecule has 0 unspecified atom stereocenters. The molecule has 0 fully saturated rings. The zero-order valence-electron chi connectivity index (χ0n) is 42.8. The Labute approximate surface area is 382 Å².